The fraction of sp³-hybridized carbons (Fsp3) is 0.438. The number of carbonyl (C=O) groups excluding carboxylic acids is 1. The molecule has 0 unspecified atom stereocenters. The summed E-state index contributed by atoms with van der Waals surface area (Å²) in [5, 5.41) is -0.439. The van der Waals surface area contributed by atoms with Crippen molar-refractivity contribution in [2.75, 3.05) is 24.4 Å². The number of H-pyrrole nitrogens is 1. The van der Waals surface area contributed by atoms with Crippen LogP contribution >= 0.6 is 0 Å². The predicted molar refractivity (Wildman–Crippen MR) is 97.2 cm³/mol. The molecule has 0 spiro atoms. The molecule has 0 aliphatic carbocycles. The van der Waals surface area contributed by atoms with Crippen LogP contribution in [0.25, 0.3) is 10.9 Å². The fourth-order valence-electron chi connectivity index (χ4n) is 3.21. The number of halogens is 3. The Morgan fingerprint density at radius 1 is 1.33 bits per heavy atom. The molecule has 1 aromatic carbocycles. The average Bonchev–Trinajstić information content (AvgIpc) is 3.16. The van der Waals surface area contributed by atoms with Gasteiger partial charge in [0.05, 0.1) is 35.9 Å². The van der Waals surface area contributed by atoms with E-state index in [4.69, 9.17) is 4.74 Å². The molecule has 1 aliphatic heterocycles. The molecule has 1 aliphatic rings. The maximum atomic E-state index is 13.6. The highest BCUT2D eigenvalue weighted by molar-refractivity contribution is 7.92. The normalized spacial score (nSPS) is 17.3. The Morgan fingerprint density at radius 3 is 2.50 bits per heavy atom. The van der Waals surface area contributed by atoms with E-state index in [9.17, 15) is 36.0 Å². The number of benzene rings is 1. The smallest absolute Gasteiger partial charge is 0.443 e. The lowest BCUT2D eigenvalue weighted by Gasteiger charge is -2.21. The van der Waals surface area contributed by atoms with E-state index in [2.05, 4.69) is 4.74 Å². The van der Waals surface area contributed by atoms with Gasteiger partial charge in [0, 0.05) is 6.61 Å². The van der Waals surface area contributed by atoms with Crippen molar-refractivity contribution >= 4 is 27.0 Å². The van der Waals surface area contributed by atoms with Gasteiger partial charge in [0.1, 0.15) is 0 Å². The second kappa shape index (κ2) is 7.43. The van der Waals surface area contributed by atoms with Crippen LogP contribution in [0.2, 0.25) is 0 Å². The Balaban J connectivity index is 2.38. The molecule has 1 fully saturated rings. The van der Waals surface area contributed by atoms with Crippen LogP contribution in [0.3, 0.4) is 0 Å². The molecule has 2 aromatic rings. The number of amides is 1. The summed E-state index contributed by atoms with van der Waals surface area (Å²) in [5.41, 5.74) is -4.66. The van der Waals surface area contributed by atoms with Gasteiger partial charge in [-0.15, -0.1) is 4.68 Å². The minimum Gasteiger partial charge on any atom is -0.451 e. The van der Waals surface area contributed by atoms with E-state index in [1.54, 1.807) is 0 Å². The van der Waals surface area contributed by atoms with Crippen LogP contribution in [0, 0.1) is 0 Å². The summed E-state index contributed by atoms with van der Waals surface area (Å²) in [5.74, 6) is 0. The van der Waals surface area contributed by atoms with Crippen LogP contribution in [0.1, 0.15) is 30.1 Å². The summed E-state index contributed by atoms with van der Waals surface area (Å²) >= 11 is 0. The van der Waals surface area contributed by atoms with Crippen molar-refractivity contribution in [1.29, 1.82) is 0 Å². The van der Waals surface area contributed by atoms with E-state index in [1.807, 2.05) is 4.98 Å². The monoisotopic (exact) mass is 451 g/mol. The van der Waals surface area contributed by atoms with E-state index in [0.29, 0.717) is 18.7 Å². The van der Waals surface area contributed by atoms with Crippen LogP contribution in [0.5, 0.6) is 0 Å². The number of nitrogens with zero attached hydrogens (tertiary/aromatic N) is 2. The van der Waals surface area contributed by atoms with Crippen molar-refractivity contribution in [1.82, 2.24) is 9.66 Å². The Labute approximate surface area is 166 Å². The molecule has 10 nitrogen and oxygen atoms in total. The number of ether oxygens (including phenoxy) is 2. The minimum atomic E-state index is -4.80. The molecule has 0 saturated carbocycles. The quantitative estimate of drug-likeness (QED) is 0.743. The summed E-state index contributed by atoms with van der Waals surface area (Å²) in [6, 6.07) is 1.48. The molecule has 0 bridgehead atoms. The number of hydrogen-bond acceptors (Lipinski definition) is 7. The van der Waals surface area contributed by atoms with Crippen molar-refractivity contribution < 1.29 is 35.9 Å². The highest BCUT2D eigenvalue weighted by atomic mass is 32.2. The third-order valence-corrected chi connectivity index (χ3v) is 5.40. The van der Waals surface area contributed by atoms with E-state index in [0.717, 1.165) is 13.2 Å². The van der Waals surface area contributed by atoms with Gasteiger partial charge in [0.15, 0.2) is 0 Å². The highest BCUT2D eigenvalue weighted by Crippen LogP contribution is 2.40. The van der Waals surface area contributed by atoms with E-state index >= 15 is 0 Å². The van der Waals surface area contributed by atoms with Gasteiger partial charge in [-0.1, -0.05) is 4.41 Å². The zero-order valence-electron chi connectivity index (χ0n) is 15.6. The molecule has 1 aromatic heterocycles. The van der Waals surface area contributed by atoms with Crippen molar-refractivity contribution in [2.45, 2.75) is 25.1 Å². The standard InChI is InChI=1S/C16H16F3N3O7S/c1-28-15(25)22(30(2,26)27)21-13(23)9-6-8(12-4-3-5-29-12)10(16(17,18)19)7-11(9)20-14(21)24/h6-7,12H,3-5H2,1-2H3,(H,20,24)/t12-/m1/s1. The van der Waals surface area contributed by atoms with Gasteiger partial charge >= 0.3 is 18.0 Å². The van der Waals surface area contributed by atoms with Crippen molar-refractivity contribution in [3.63, 3.8) is 0 Å². The molecule has 0 radical (unpaired) electrons. The van der Waals surface area contributed by atoms with Crippen molar-refractivity contribution in [2.24, 2.45) is 0 Å². The number of sulfonamides is 1. The van der Waals surface area contributed by atoms with Crippen molar-refractivity contribution in [3.8, 4) is 0 Å². The first-order valence-corrected chi connectivity index (χ1v) is 10.3. The van der Waals surface area contributed by atoms with Crippen molar-refractivity contribution in [3.05, 3.63) is 44.1 Å². The number of aromatic nitrogens is 2. The number of rotatable bonds is 3. The largest absolute Gasteiger partial charge is 0.451 e. The lowest BCUT2D eigenvalue weighted by atomic mass is 9.97. The Morgan fingerprint density at radius 2 is 2.00 bits per heavy atom. The first kappa shape index (κ1) is 21.8. The topological polar surface area (TPSA) is 128 Å². The molecular formula is C16H16F3N3O7S. The third-order valence-electron chi connectivity index (χ3n) is 4.46. The third kappa shape index (κ3) is 3.79. The lowest BCUT2D eigenvalue weighted by molar-refractivity contribution is -0.139. The minimum absolute atomic E-state index is 0.0456. The summed E-state index contributed by atoms with van der Waals surface area (Å²) in [4.78, 5) is 39.2. The molecule has 30 heavy (non-hydrogen) atoms. The maximum Gasteiger partial charge on any atom is 0.443 e. The number of fused-ring (bicyclic) bond motifs is 1. The zero-order valence-corrected chi connectivity index (χ0v) is 16.5. The first-order chi connectivity index (χ1) is 13.9. The Kier molecular flexibility index (Phi) is 5.41. The van der Waals surface area contributed by atoms with E-state index in [-0.39, 0.29) is 27.7 Å². The second-order valence-corrected chi connectivity index (χ2v) is 8.32. The Bertz CT molecular complexity index is 1230. The zero-order chi connectivity index (χ0) is 22.4. The van der Waals surface area contributed by atoms with E-state index < -0.39 is 56.1 Å². The molecule has 164 valence electrons. The molecule has 14 heteroatoms. The second-order valence-electron chi connectivity index (χ2n) is 6.51. The van der Waals surface area contributed by atoms with Crippen LogP contribution in [0.4, 0.5) is 18.0 Å². The number of methoxy groups -OCH3 is 1. The van der Waals surface area contributed by atoms with E-state index in [1.165, 1.54) is 0 Å². The number of carbonyl (C=O) groups is 1. The van der Waals surface area contributed by atoms with Gasteiger partial charge in [0.25, 0.3) is 15.6 Å². The summed E-state index contributed by atoms with van der Waals surface area (Å²) < 4.78 is 74.0. The highest BCUT2D eigenvalue weighted by Gasteiger charge is 2.38. The maximum absolute atomic E-state index is 13.6. The van der Waals surface area contributed by atoms with Gasteiger partial charge < -0.3 is 14.5 Å². The Hall–Kier alpha value is -2.87. The summed E-state index contributed by atoms with van der Waals surface area (Å²) in [6.45, 7) is 0.236. The first-order valence-electron chi connectivity index (χ1n) is 8.46. The summed E-state index contributed by atoms with van der Waals surface area (Å²) in [6.07, 6.45) is -5.95. The molecule has 1 amide bonds. The number of hydrogen-bond donors (Lipinski definition) is 1. The van der Waals surface area contributed by atoms with Crippen LogP contribution in [0.15, 0.2) is 21.7 Å². The number of aromatic amines is 1. The van der Waals surface area contributed by atoms with Gasteiger partial charge in [-0.2, -0.15) is 13.2 Å². The average molecular weight is 451 g/mol. The summed E-state index contributed by atoms with van der Waals surface area (Å²) in [7, 11) is -3.68. The van der Waals surface area contributed by atoms with Crippen LogP contribution < -0.4 is 15.7 Å². The number of alkyl halides is 3. The van der Waals surface area contributed by atoms with Crippen LogP contribution in [-0.4, -0.2) is 44.1 Å². The molecule has 3 rings (SSSR count). The molecule has 1 atom stereocenters. The van der Waals surface area contributed by atoms with Gasteiger partial charge in [-0.25, -0.2) is 18.0 Å². The molecule has 1 N–H and O–H groups in total. The van der Waals surface area contributed by atoms with Gasteiger partial charge in [-0.3, -0.25) is 4.79 Å². The molecule has 1 saturated heterocycles. The fourth-order valence-corrected chi connectivity index (χ4v) is 4.00. The van der Waals surface area contributed by atoms with Gasteiger partial charge in [0.2, 0.25) is 0 Å². The predicted octanol–water partition coefficient (Wildman–Crippen LogP) is 1.22. The molecule has 2 heterocycles. The number of nitrogens with one attached hydrogen (secondary N) is 1. The lowest BCUT2D eigenvalue weighted by Crippen LogP contribution is -2.55. The van der Waals surface area contributed by atoms with Gasteiger partial charge in [-0.05, 0) is 30.5 Å². The van der Waals surface area contributed by atoms with Crippen LogP contribution in [-0.2, 0) is 25.7 Å². The SMILES string of the molecule is COC(=O)N(n1c(=O)[nH]c2cc(C(F)(F)F)c([C@H]3CCCO3)cc2c1=O)S(C)(=O)=O. The molecular weight excluding hydrogens is 435 g/mol.